The summed E-state index contributed by atoms with van der Waals surface area (Å²) in [5.41, 5.74) is 0.176. The molecule has 0 saturated heterocycles. The molecule has 0 aromatic rings. The van der Waals surface area contributed by atoms with Crippen molar-refractivity contribution in [3.05, 3.63) is 11.8 Å². The maximum Gasteiger partial charge on any atom is 0.335 e. The summed E-state index contributed by atoms with van der Waals surface area (Å²) in [4.78, 5) is 34.1. The second-order valence-electron chi connectivity index (χ2n) is 3.14. The van der Waals surface area contributed by atoms with Crippen LogP contribution >= 0.6 is 0 Å². The van der Waals surface area contributed by atoms with Crippen LogP contribution in [0.5, 0.6) is 0 Å². The van der Waals surface area contributed by atoms with Crippen LogP contribution in [-0.2, 0) is 19.1 Å². The van der Waals surface area contributed by atoms with Gasteiger partial charge >= 0.3 is 11.9 Å². The van der Waals surface area contributed by atoms with Crippen molar-refractivity contribution in [2.45, 2.75) is 19.4 Å². The van der Waals surface area contributed by atoms with E-state index in [4.69, 9.17) is 5.11 Å². The zero-order valence-corrected chi connectivity index (χ0v) is 8.39. The van der Waals surface area contributed by atoms with Crippen molar-refractivity contribution >= 4 is 17.8 Å². The van der Waals surface area contributed by atoms with Crippen molar-refractivity contribution in [1.29, 1.82) is 0 Å². The van der Waals surface area contributed by atoms with Gasteiger partial charge in [-0.25, -0.2) is 9.59 Å². The predicted molar refractivity (Wildman–Crippen MR) is 48.7 cm³/mol. The molecule has 0 radical (unpaired) electrons. The Kier molecular flexibility index (Phi) is 3.08. The van der Waals surface area contributed by atoms with Crippen LogP contribution in [0.15, 0.2) is 11.8 Å². The first kappa shape index (κ1) is 11.2. The number of hydrogen-bond donors (Lipinski definition) is 1. The van der Waals surface area contributed by atoms with Crippen molar-refractivity contribution in [1.82, 2.24) is 4.90 Å². The molecule has 0 aliphatic carbocycles. The van der Waals surface area contributed by atoms with Gasteiger partial charge in [-0.2, -0.15) is 0 Å². The van der Waals surface area contributed by atoms with Gasteiger partial charge in [0.05, 0.1) is 19.1 Å². The quantitative estimate of drug-likeness (QED) is 0.653. The van der Waals surface area contributed by atoms with Crippen LogP contribution in [0, 0.1) is 0 Å². The third-order valence-electron chi connectivity index (χ3n) is 2.15. The topological polar surface area (TPSA) is 83.9 Å². The van der Waals surface area contributed by atoms with Gasteiger partial charge in [-0.05, 0) is 6.92 Å². The largest absolute Gasteiger partial charge is 0.480 e. The van der Waals surface area contributed by atoms with Gasteiger partial charge in [-0.3, -0.25) is 4.79 Å². The van der Waals surface area contributed by atoms with E-state index in [2.05, 4.69) is 4.74 Å². The Morgan fingerprint density at radius 3 is 2.67 bits per heavy atom. The lowest BCUT2D eigenvalue weighted by atomic mass is 10.2. The first-order chi connectivity index (χ1) is 6.97. The highest BCUT2D eigenvalue weighted by molar-refractivity contribution is 6.00. The average molecular weight is 213 g/mol. The molecule has 0 spiro atoms. The van der Waals surface area contributed by atoms with Crippen LogP contribution in [0.25, 0.3) is 0 Å². The third kappa shape index (κ3) is 2.15. The van der Waals surface area contributed by atoms with Crippen molar-refractivity contribution in [3.8, 4) is 0 Å². The van der Waals surface area contributed by atoms with Crippen molar-refractivity contribution in [2.24, 2.45) is 0 Å². The fourth-order valence-corrected chi connectivity index (χ4v) is 1.24. The molecule has 1 rings (SSSR count). The van der Waals surface area contributed by atoms with Crippen LogP contribution in [0.2, 0.25) is 0 Å². The molecule has 6 heteroatoms. The Hall–Kier alpha value is -1.85. The SMILES string of the molecule is COC(=O)C1=CN([C@@H](C)C(=O)O)C(=O)C1. The second-order valence-corrected chi connectivity index (χ2v) is 3.14. The lowest BCUT2D eigenvalue weighted by Crippen LogP contribution is -2.36. The van der Waals surface area contributed by atoms with Gasteiger partial charge in [0.15, 0.2) is 0 Å². The molecule has 1 heterocycles. The molecule has 0 saturated carbocycles. The normalized spacial score (nSPS) is 17.3. The van der Waals surface area contributed by atoms with Crippen LogP contribution in [0.3, 0.4) is 0 Å². The Labute approximate surface area is 86.1 Å². The predicted octanol–water partition coefficient (Wildman–Crippen LogP) is -0.251. The number of carbonyl (C=O) groups is 3. The molecule has 0 fully saturated rings. The van der Waals surface area contributed by atoms with Gasteiger partial charge in [0.2, 0.25) is 5.91 Å². The molecule has 0 bridgehead atoms. The van der Waals surface area contributed by atoms with Gasteiger partial charge in [-0.1, -0.05) is 0 Å². The maximum absolute atomic E-state index is 11.4. The Morgan fingerprint density at radius 1 is 1.60 bits per heavy atom. The van der Waals surface area contributed by atoms with Crippen molar-refractivity contribution in [2.75, 3.05) is 7.11 Å². The van der Waals surface area contributed by atoms with E-state index in [0.717, 1.165) is 4.90 Å². The van der Waals surface area contributed by atoms with E-state index >= 15 is 0 Å². The van der Waals surface area contributed by atoms with Gasteiger partial charge in [0.1, 0.15) is 6.04 Å². The zero-order valence-electron chi connectivity index (χ0n) is 8.39. The summed E-state index contributed by atoms with van der Waals surface area (Å²) in [6, 6.07) is -0.973. The number of esters is 1. The molecule has 1 aliphatic heterocycles. The highest BCUT2D eigenvalue weighted by Crippen LogP contribution is 2.19. The number of ether oxygens (including phenoxy) is 1. The molecule has 82 valence electrons. The highest BCUT2D eigenvalue weighted by atomic mass is 16.5. The standard InChI is InChI=1S/C9H11NO5/c1-5(8(12)13)10-4-6(3-7(10)11)9(14)15-2/h4-5H,3H2,1-2H3,(H,12,13)/t5-/m0/s1. The molecule has 1 atom stereocenters. The Morgan fingerprint density at radius 2 is 2.20 bits per heavy atom. The number of methoxy groups -OCH3 is 1. The summed E-state index contributed by atoms with van der Waals surface area (Å²) in [5, 5.41) is 8.70. The minimum Gasteiger partial charge on any atom is -0.480 e. The number of carbonyl (C=O) groups excluding carboxylic acids is 2. The molecule has 0 aromatic carbocycles. The van der Waals surface area contributed by atoms with Crippen LogP contribution in [0.4, 0.5) is 0 Å². The number of carboxylic acids is 1. The van der Waals surface area contributed by atoms with Gasteiger partial charge in [-0.15, -0.1) is 0 Å². The van der Waals surface area contributed by atoms with Gasteiger partial charge in [0.25, 0.3) is 0 Å². The molecule has 0 unspecified atom stereocenters. The summed E-state index contributed by atoms with van der Waals surface area (Å²) in [6.07, 6.45) is 1.12. The van der Waals surface area contributed by atoms with Crippen LogP contribution < -0.4 is 0 Å². The molecule has 1 N–H and O–H groups in total. The van der Waals surface area contributed by atoms with Crippen molar-refractivity contribution < 1.29 is 24.2 Å². The molecule has 1 amide bonds. The summed E-state index contributed by atoms with van der Waals surface area (Å²) >= 11 is 0. The molecular formula is C9H11NO5. The zero-order chi connectivity index (χ0) is 11.6. The number of hydrogen-bond acceptors (Lipinski definition) is 4. The second kappa shape index (κ2) is 4.12. The van der Waals surface area contributed by atoms with E-state index < -0.39 is 23.9 Å². The first-order valence-corrected chi connectivity index (χ1v) is 4.30. The van der Waals surface area contributed by atoms with Gasteiger partial charge < -0.3 is 14.7 Å². The summed E-state index contributed by atoms with van der Waals surface area (Å²) in [6.45, 7) is 1.37. The van der Waals surface area contributed by atoms with E-state index in [-0.39, 0.29) is 12.0 Å². The smallest absolute Gasteiger partial charge is 0.335 e. The number of rotatable bonds is 3. The third-order valence-corrected chi connectivity index (χ3v) is 2.15. The van der Waals surface area contributed by atoms with Crippen LogP contribution in [-0.4, -0.2) is 41.0 Å². The number of nitrogens with zero attached hydrogens (tertiary/aromatic N) is 1. The first-order valence-electron chi connectivity index (χ1n) is 4.30. The van der Waals surface area contributed by atoms with E-state index in [9.17, 15) is 14.4 Å². The molecule has 15 heavy (non-hydrogen) atoms. The van der Waals surface area contributed by atoms with E-state index in [1.54, 1.807) is 0 Å². The monoisotopic (exact) mass is 213 g/mol. The van der Waals surface area contributed by atoms with E-state index in [1.165, 1.54) is 20.2 Å². The molecular weight excluding hydrogens is 202 g/mol. The molecule has 0 aromatic heterocycles. The fourth-order valence-electron chi connectivity index (χ4n) is 1.24. The Balaban J connectivity index is 2.84. The summed E-state index contributed by atoms with van der Waals surface area (Å²) in [7, 11) is 1.21. The Bertz CT molecular complexity index is 346. The van der Waals surface area contributed by atoms with Gasteiger partial charge in [0, 0.05) is 6.20 Å². The lowest BCUT2D eigenvalue weighted by molar-refractivity contribution is -0.146. The number of amides is 1. The number of carboxylic acid groups (broad SMARTS) is 1. The lowest BCUT2D eigenvalue weighted by Gasteiger charge is -2.17. The minimum atomic E-state index is -1.12. The average Bonchev–Trinajstić information content (AvgIpc) is 2.57. The van der Waals surface area contributed by atoms with E-state index in [0.29, 0.717) is 0 Å². The molecule has 6 nitrogen and oxygen atoms in total. The molecule has 1 aliphatic rings. The van der Waals surface area contributed by atoms with Crippen LogP contribution in [0.1, 0.15) is 13.3 Å². The minimum absolute atomic E-state index is 0.107. The summed E-state index contributed by atoms with van der Waals surface area (Å²) in [5.74, 6) is -2.14. The highest BCUT2D eigenvalue weighted by Gasteiger charge is 2.32. The fraction of sp³-hybridized carbons (Fsp3) is 0.444. The van der Waals surface area contributed by atoms with E-state index in [1.807, 2.05) is 0 Å². The summed E-state index contributed by atoms with van der Waals surface area (Å²) < 4.78 is 4.44. The number of aliphatic carboxylic acids is 1. The maximum atomic E-state index is 11.4. The van der Waals surface area contributed by atoms with Crippen molar-refractivity contribution in [3.63, 3.8) is 0 Å².